The third-order valence-electron chi connectivity index (χ3n) is 5.69. The van der Waals surface area contributed by atoms with E-state index in [1.165, 1.54) is 20.1 Å². The lowest BCUT2D eigenvalue weighted by atomic mass is 9.97. The molecule has 4 aromatic rings. The van der Waals surface area contributed by atoms with E-state index in [0.717, 1.165) is 11.6 Å². The molecule has 0 amide bonds. The molecule has 0 saturated carbocycles. The number of nitrogens with one attached hydrogen (secondary N) is 1. The summed E-state index contributed by atoms with van der Waals surface area (Å²) in [5.41, 5.74) is 1.46. The molecule has 5 nitrogen and oxygen atoms in total. The van der Waals surface area contributed by atoms with E-state index in [9.17, 15) is 13.2 Å². The van der Waals surface area contributed by atoms with E-state index < -0.39 is 17.8 Å². The molecule has 4 rings (SSSR count). The summed E-state index contributed by atoms with van der Waals surface area (Å²) in [5.74, 6) is 1.31. The van der Waals surface area contributed by atoms with Gasteiger partial charge in [-0.1, -0.05) is 42.5 Å². The van der Waals surface area contributed by atoms with E-state index in [-0.39, 0.29) is 10.8 Å². The molecular weight excluding hydrogens is 479 g/mol. The monoisotopic (exact) mass is 501 g/mol. The fourth-order valence-corrected chi connectivity index (χ4v) is 4.11. The average Bonchev–Trinajstić information content (AvgIpc) is 2.82. The number of hydrogen-bond donors (Lipinski definition) is 1. The Morgan fingerprint density at radius 3 is 2.43 bits per heavy atom. The first-order chi connectivity index (χ1) is 16.7. The number of nitrogens with zero attached hydrogens (tertiary/aromatic N) is 2. The molecule has 1 aromatic heterocycles. The van der Waals surface area contributed by atoms with E-state index in [1.807, 2.05) is 30.3 Å². The van der Waals surface area contributed by atoms with Crippen LogP contribution in [0.1, 0.15) is 35.2 Å². The lowest BCUT2D eigenvalue weighted by Crippen LogP contribution is -2.14. The SMILES string of the molecule is COc1cc2nc(Cl)nc(NC(C)c3cccc(C(F)(F)F)c3C)c2cc1OCc1ccccc1. The fraction of sp³-hybridized carbons (Fsp3) is 0.231. The van der Waals surface area contributed by atoms with Crippen LogP contribution in [0.4, 0.5) is 19.0 Å². The zero-order valence-corrected chi connectivity index (χ0v) is 20.0. The van der Waals surface area contributed by atoms with E-state index in [1.54, 1.807) is 25.1 Å². The van der Waals surface area contributed by atoms with Crippen LogP contribution in [-0.4, -0.2) is 17.1 Å². The van der Waals surface area contributed by atoms with E-state index in [4.69, 9.17) is 21.1 Å². The number of ether oxygens (including phenoxy) is 2. The maximum Gasteiger partial charge on any atom is 0.416 e. The van der Waals surface area contributed by atoms with Crippen molar-refractivity contribution >= 4 is 28.3 Å². The zero-order chi connectivity index (χ0) is 25.2. The van der Waals surface area contributed by atoms with Gasteiger partial charge in [0.15, 0.2) is 11.5 Å². The van der Waals surface area contributed by atoms with Crippen molar-refractivity contribution in [3.05, 3.63) is 88.2 Å². The molecule has 3 aromatic carbocycles. The van der Waals surface area contributed by atoms with E-state index in [2.05, 4.69) is 15.3 Å². The van der Waals surface area contributed by atoms with Gasteiger partial charge in [-0.3, -0.25) is 0 Å². The first kappa shape index (κ1) is 24.6. The van der Waals surface area contributed by atoms with Crippen LogP contribution in [0.5, 0.6) is 11.5 Å². The van der Waals surface area contributed by atoms with Crippen LogP contribution < -0.4 is 14.8 Å². The van der Waals surface area contributed by atoms with Crippen LogP contribution in [0.3, 0.4) is 0 Å². The molecule has 0 aliphatic rings. The van der Waals surface area contributed by atoms with Gasteiger partial charge in [-0.25, -0.2) is 9.97 Å². The number of benzene rings is 3. The normalized spacial score (nSPS) is 12.4. The summed E-state index contributed by atoms with van der Waals surface area (Å²) in [6, 6.07) is 16.7. The van der Waals surface area contributed by atoms with Gasteiger partial charge in [0, 0.05) is 11.5 Å². The molecule has 9 heteroatoms. The van der Waals surface area contributed by atoms with Crippen LogP contribution in [0.25, 0.3) is 10.9 Å². The number of rotatable bonds is 7. The summed E-state index contributed by atoms with van der Waals surface area (Å²) in [6.07, 6.45) is -4.44. The highest BCUT2D eigenvalue weighted by Crippen LogP contribution is 2.38. The molecule has 35 heavy (non-hydrogen) atoms. The minimum atomic E-state index is -4.44. The largest absolute Gasteiger partial charge is 0.493 e. The second-order valence-corrected chi connectivity index (χ2v) is 8.36. The van der Waals surface area contributed by atoms with Crippen molar-refractivity contribution in [3.8, 4) is 11.5 Å². The second kappa shape index (κ2) is 10.00. The Kier molecular flexibility index (Phi) is 7.03. The lowest BCUT2D eigenvalue weighted by molar-refractivity contribution is -0.138. The van der Waals surface area contributed by atoms with Gasteiger partial charge in [0.2, 0.25) is 5.28 Å². The quantitative estimate of drug-likeness (QED) is 0.268. The predicted molar refractivity (Wildman–Crippen MR) is 130 cm³/mol. The number of fused-ring (bicyclic) bond motifs is 1. The highest BCUT2D eigenvalue weighted by atomic mass is 35.5. The van der Waals surface area contributed by atoms with Crippen LogP contribution in [-0.2, 0) is 12.8 Å². The maximum absolute atomic E-state index is 13.4. The zero-order valence-electron chi connectivity index (χ0n) is 19.3. The summed E-state index contributed by atoms with van der Waals surface area (Å²) >= 11 is 6.16. The standard InChI is InChI=1S/C26H23ClF3N3O2/c1-15-18(10-7-11-20(15)26(28,29)30)16(2)31-24-19-12-23(35-14-17-8-5-4-6-9-17)22(34-3)13-21(19)32-25(27)33-24/h4-13,16H,14H2,1-3H3,(H,31,32,33). The Hall–Kier alpha value is -3.52. The molecule has 0 aliphatic heterocycles. The van der Waals surface area contributed by atoms with Gasteiger partial charge in [-0.2, -0.15) is 13.2 Å². The highest BCUT2D eigenvalue weighted by Gasteiger charge is 2.33. The van der Waals surface area contributed by atoms with Crippen LogP contribution >= 0.6 is 11.6 Å². The van der Waals surface area contributed by atoms with Crippen molar-refractivity contribution < 1.29 is 22.6 Å². The topological polar surface area (TPSA) is 56.3 Å². The molecule has 0 saturated heterocycles. The summed E-state index contributed by atoms with van der Waals surface area (Å²) in [4.78, 5) is 8.59. The Labute approximate surface area is 205 Å². The van der Waals surface area contributed by atoms with Crippen molar-refractivity contribution in [2.24, 2.45) is 0 Å². The number of anilines is 1. The molecule has 1 unspecified atom stereocenters. The van der Waals surface area contributed by atoms with Gasteiger partial charge < -0.3 is 14.8 Å². The van der Waals surface area contributed by atoms with E-state index in [0.29, 0.717) is 40.4 Å². The minimum Gasteiger partial charge on any atom is -0.493 e. The Morgan fingerprint density at radius 1 is 1.00 bits per heavy atom. The molecule has 0 radical (unpaired) electrons. The first-order valence-corrected chi connectivity index (χ1v) is 11.2. The van der Waals surface area contributed by atoms with Gasteiger partial charge in [-0.05, 0) is 54.3 Å². The predicted octanol–water partition coefficient (Wildman–Crippen LogP) is 7.37. The number of hydrogen-bond acceptors (Lipinski definition) is 5. The molecule has 0 bridgehead atoms. The summed E-state index contributed by atoms with van der Waals surface area (Å²) in [6.45, 7) is 3.54. The molecular formula is C26H23ClF3N3O2. The summed E-state index contributed by atoms with van der Waals surface area (Å²) in [7, 11) is 1.52. The molecule has 1 heterocycles. The molecule has 182 valence electrons. The fourth-order valence-electron chi connectivity index (χ4n) is 3.94. The number of aromatic nitrogens is 2. The van der Waals surface area contributed by atoms with Gasteiger partial charge in [-0.15, -0.1) is 0 Å². The molecule has 1 N–H and O–H groups in total. The molecule has 0 fully saturated rings. The van der Waals surface area contributed by atoms with Gasteiger partial charge in [0.05, 0.1) is 24.2 Å². The van der Waals surface area contributed by atoms with Crippen molar-refractivity contribution in [2.75, 3.05) is 12.4 Å². The maximum atomic E-state index is 13.4. The third-order valence-corrected chi connectivity index (χ3v) is 5.86. The minimum absolute atomic E-state index is 0.00651. The lowest BCUT2D eigenvalue weighted by Gasteiger charge is -2.21. The smallest absolute Gasteiger partial charge is 0.416 e. The van der Waals surface area contributed by atoms with Crippen LogP contribution in [0, 0.1) is 6.92 Å². The van der Waals surface area contributed by atoms with Crippen LogP contribution in [0.15, 0.2) is 60.7 Å². The van der Waals surface area contributed by atoms with Crippen molar-refractivity contribution in [2.45, 2.75) is 32.7 Å². The first-order valence-electron chi connectivity index (χ1n) is 10.8. The highest BCUT2D eigenvalue weighted by molar-refractivity contribution is 6.28. The van der Waals surface area contributed by atoms with Crippen molar-refractivity contribution in [1.82, 2.24) is 9.97 Å². The summed E-state index contributed by atoms with van der Waals surface area (Å²) in [5, 5.41) is 3.79. The average molecular weight is 502 g/mol. The van der Waals surface area contributed by atoms with Crippen LogP contribution in [0.2, 0.25) is 5.28 Å². The van der Waals surface area contributed by atoms with Crippen molar-refractivity contribution in [1.29, 1.82) is 0 Å². The van der Waals surface area contributed by atoms with E-state index >= 15 is 0 Å². The van der Waals surface area contributed by atoms with Gasteiger partial charge >= 0.3 is 6.18 Å². The van der Waals surface area contributed by atoms with Gasteiger partial charge in [0.25, 0.3) is 0 Å². The molecule has 1 atom stereocenters. The Balaban J connectivity index is 1.71. The number of alkyl halides is 3. The van der Waals surface area contributed by atoms with Crippen molar-refractivity contribution in [3.63, 3.8) is 0 Å². The summed E-state index contributed by atoms with van der Waals surface area (Å²) < 4.78 is 51.7. The number of halogens is 4. The number of methoxy groups -OCH3 is 1. The molecule has 0 aliphatic carbocycles. The Morgan fingerprint density at radius 2 is 1.74 bits per heavy atom. The molecule has 0 spiro atoms. The van der Waals surface area contributed by atoms with Gasteiger partial charge in [0.1, 0.15) is 12.4 Å². The third kappa shape index (κ3) is 5.43. The second-order valence-electron chi connectivity index (χ2n) is 8.02. The Bertz CT molecular complexity index is 1350.